The van der Waals surface area contributed by atoms with E-state index in [2.05, 4.69) is 42.4 Å². The molecule has 1 amide bonds. The lowest BCUT2D eigenvalue weighted by atomic mass is 9.71. The van der Waals surface area contributed by atoms with Crippen LogP contribution in [0.5, 0.6) is 0 Å². The lowest BCUT2D eigenvalue weighted by Gasteiger charge is -2.54. The molecule has 0 aromatic rings. The van der Waals surface area contributed by atoms with E-state index in [4.69, 9.17) is 0 Å². The molecular weight excluding hydrogens is 260 g/mol. The highest BCUT2D eigenvalue weighted by Gasteiger charge is 2.46. The van der Waals surface area contributed by atoms with Gasteiger partial charge in [-0.05, 0) is 32.4 Å². The summed E-state index contributed by atoms with van der Waals surface area (Å²) in [6.07, 6.45) is 3.39. The molecule has 2 fully saturated rings. The average molecular weight is 290 g/mol. The van der Waals surface area contributed by atoms with E-state index in [1.807, 2.05) is 6.92 Å². The normalized spacial score (nSPS) is 22.6. The van der Waals surface area contributed by atoms with Crippen LogP contribution in [0.2, 0.25) is 0 Å². The highest BCUT2D eigenvalue weighted by molar-refractivity contribution is 5.79. The topological polar surface area (TPSA) is 23.6 Å². The van der Waals surface area contributed by atoms with Gasteiger partial charge in [0.05, 0.1) is 6.54 Å². The van der Waals surface area contributed by atoms with Crippen LogP contribution in [0, 0.1) is 29.1 Å². The second-order valence-electron chi connectivity index (χ2n) is 7.26. The summed E-state index contributed by atoms with van der Waals surface area (Å²) < 4.78 is 0. The largest absolute Gasteiger partial charge is 0.341 e. The van der Waals surface area contributed by atoms with E-state index in [-0.39, 0.29) is 5.92 Å². The Kier molecular flexibility index (Phi) is 5.32. The summed E-state index contributed by atoms with van der Waals surface area (Å²) >= 11 is 0. The third kappa shape index (κ3) is 4.01. The first-order valence-electron chi connectivity index (χ1n) is 8.45. The van der Waals surface area contributed by atoms with E-state index in [1.54, 1.807) is 0 Å². The molecule has 0 aromatic carbocycles. The molecule has 1 unspecified atom stereocenters. The molecule has 2 saturated heterocycles. The molecule has 0 aliphatic carbocycles. The predicted molar refractivity (Wildman–Crippen MR) is 86.8 cm³/mol. The number of carbonyl (C=O) groups excluding carboxylic acids is 1. The number of likely N-dealkylation sites (tertiary alicyclic amines) is 2. The molecule has 0 N–H and O–H groups in total. The molecule has 2 aliphatic heterocycles. The third-order valence-electron chi connectivity index (χ3n) is 5.01. The summed E-state index contributed by atoms with van der Waals surface area (Å²) in [6.45, 7) is 13.6. The molecule has 2 rings (SSSR count). The minimum absolute atomic E-state index is 0.189. The Hall–Kier alpha value is -1.01. The number of piperidine rings is 1. The zero-order chi connectivity index (χ0) is 15.5. The van der Waals surface area contributed by atoms with Crippen molar-refractivity contribution in [1.29, 1.82) is 0 Å². The van der Waals surface area contributed by atoms with Crippen molar-refractivity contribution in [3.05, 3.63) is 0 Å². The van der Waals surface area contributed by atoms with Gasteiger partial charge in [-0.15, -0.1) is 0 Å². The van der Waals surface area contributed by atoms with Gasteiger partial charge in [-0.25, -0.2) is 0 Å². The number of nitrogens with zero attached hydrogens (tertiary/aromatic N) is 2. The molecule has 0 bridgehead atoms. The first-order valence-corrected chi connectivity index (χ1v) is 8.45. The molecule has 0 aromatic heterocycles. The maximum absolute atomic E-state index is 12.1. The molecular formula is C18H30N2O. The fourth-order valence-electron chi connectivity index (χ4n) is 3.27. The zero-order valence-corrected chi connectivity index (χ0v) is 14.1. The van der Waals surface area contributed by atoms with Gasteiger partial charge < -0.3 is 4.90 Å². The molecule has 1 spiro atoms. The average Bonchev–Trinajstić information content (AvgIpc) is 2.43. The minimum atomic E-state index is 0.189. The maximum atomic E-state index is 12.1. The van der Waals surface area contributed by atoms with Crippen LogP contribution in [0.15, 0.2) is 0 Å². The molecule has 0 saturated carbocycles. The summed E-state index contributed by atoms with van der Waals surface area (Å²) in [7, 11) is 0. The third-order valence-corrected chi connectivity index (χ3v) is 5.01. The van der Waals surface area contributed by atoms with Crippen LogP contribution >= 0.6 is 0 Å². The van der Waals surface area contributed by atoms with E-state index in [0.29, 0.717) is 17.2 Å². The molecule has 3 heteroatoms. The van der Waals surface area contributed by atoms with E-state index >= 15 is 0 Å². The molecule has 2 heterocycles. The Bertz CT molecular complexity index is 416. The maximum Gasteiger partial charge on any atom is 0.225 e. The number of amides is 1. The SMILES string of the molecule is CCC(C)C(=O)N1CC2(CCN(CC#CC(C)C)CC2)C1. The van der Waals surface area contributed by atoms with Crippen LogP contribution in [0.1, 0.15) is 47.0 Å². The van der Waals surface area contributed by atoms with Gasteiger partial charge in [0.15, 0.2) is 0 Å². The van der Waals surface area contributed by atoms with E-state index in [1.165, 1.54) is 12.8 Å². The van der Waals surface area contributed by atoms with Crippen molar-refractivity contribution in [2.24, 2.45) is 17.3 Å². The summed E-state index contributed by atoms with van der Waals surface area (Å²) in [5, 5.41) is 0. The smallest absolute Gasteiger partial charge is 0.225 e. The highest BCUT2D eigenvalue weighted by Crippen LogP contribution is 2.40. The van der Waals surface area contributed by atoms with Gasteiger partial charge in [0.2, 0.25) is 5.91 Å². The highest BCUT2D eigenvalue weighted by atomic mass is 16.2. The molecule has 21 heavy (non-hydrogen) atoms. The Morgan fingerprint density at radius 3 is 2.33 bits per heavy atom. The molecule has 1 atom stereocenters. The number of carbonyl (C=O) groups is 1. The quantitative estimate of drug-likeness (QED) is 0.746. The number of hydrogen-bond donors (Lipinski definition) is 0. The van der Waals surface area contributed by atoms with Crippen LogP contribution in [0.4, 0.5) is 0 Å². The standard InChI is InChI=1S/C18H30N2O/c1-5-16(4)17(21)20-13-18(14-20)8-11-19(12-9-18)10-6-7-15(2)3/h15-16H,5,8-14H2,1-4H3. The van der Waals surface area contributed by atoms with Gasteiger partial charge in [-0.2, -0.15) is 0 Å². The van der Waals surface area contributed by atoms with Crippen molar-refractivity contribution in [3.63, 3.8) is 0 Å². The Morgan fingerprint density at radius 2 is 1.81 bits per heavy atom. The van der Waals surface area contributed by atoms with Crippen LogP contribution in [-0.4, -0.2) is 48.4 Å². The second kappa shape index (κ2) is 6.83. The number of hydrogen-bond acceptors (Lipinski definition) is 2. The minimum Gasteiger partial charge on any atom is -0.341 e. The fraction of sp³-hybridized carbons (Fsp3) is 0.833. The van der Waals surface area contributed by atoms with Crippen molar-refractivity contribution in [2.75, 3.05) is 32.7 Å². The second-order valence-corrected chi connectivity index (χ2v) is 7.26. The van der Waals surface area contributed by atoms with Gasteiger partial charge in [0.25, 0.3) is 0 Å². The fourth-order valence-corrected chi connectivity index (χ4v) is 3.27. The summed E-state index contributed by atoms with van der Waals surface area (Å²) in [5.41, 5.74) is 0.422. The van der Waals surface area contributed by atoms with Crippen molar-refractivity contribution >= 4 is 5.91 Å². The van der Waals surface area contributed by atoms with Crippen molar-refractivity contribution in [1.82, 2.24) is 9.80 Å². The first kappa shape index (κ1) is 16.4. The lowest BCUT2D eigenvalue weighted by Crippen LogP contribution is -2.62. The Morgan fingerprint density at radius 1 is 1.19 bits per heavy atom. The summed E-state index contributed by atoms with van der Waals surface area (Å²) in [4.78, 5) is 16.7. The van der Waals surface area contributed by atoms with E-state index < -0.39 is 0 Å². The monoisotopic (exact) mass is 290 g/mol. The number of rotatable bonds is 3. The predicted octanol–water partition coefficient (Wildman–Crippen LogP) is 2.62. The first-order chi connectivity index (χ1) is 9.96. The van der Waals surface area contributed by atoms with E-state index in [9.17, 15) is 4.79 Å². The van der Waals surface area contributed by atoms with Crippen molar-refractivity contribution in [2.45, 2.75) is 47.0 Å². The van der Waals surface area contributed by atoms with Gasteiger partial charge in [0.1, 0.15) is 0 Å². The van der Waals surface area contributed by atoms with Crippen LogP contribution in [-0.2, 0) is 4.79 Å². The zero-order valence-electron chi connectivity index (χ0n) is 14.1. The summed E-state index contributed by atoms with van der Waals surface area (Å²) in [5.74, 6) is 7.53. The van der Waals surface area contributed by atoms with E-state index in [0.717, 1.165) is 39.1 Å². The van der Waals surface area contributed by atoms with Crippen LogP contribution < -0.4 is 0 Å². The van der Waals surface area contributed by atoms with Gasteiger partial charge in [-0.1, -0.05) is 39.5 Å². The molecule has 118 valence electrons. The van der Waals surface area contributed by atoms with Gasteiger partial charge >= 0.3 is 0 Å². The lowest BCUT2D eigenvalue weighted by molar-refractivity contribution is -0.150. The van der Waals surface area contributed by atoms with Gasteiger partial charge in [-0.3, -0.25) is 9.69 Å². The van der Waals surface area contributed by atoms with Gasteiger partial charge in [0, 0.05) is 30.3 Å². The van der Waals surface area contributed by atoms with Crippen molar-refractivity contribution in [3.8, 4) is 11.8 Å². The summed E-state index contributed by atoms with van der Waals surface area (Å²) in [6, 6.07) is 0. The molecule has 0 radical (unpaired) electrons. The van der Waals surface area contributed by atoms with Crippen LogP contribution in [0.3, 0.4) is 0 Å². The Balaban J connectivity index is 1.74. The van der Waals surface area contributed by atoms with Crippen LogP contribution in [0.25, 0.3) is 0 Å². The molecule has 2 aliphatic rings. The molecule has 3 nitrogen and oxygen atoms in total. The van der Waals surface area contributed by atoms with Crippen molar-refractivity contribution < 1.29 is 4.79 Å². The Labute approximate surface area is 130 Å².